The van der Waals surface area contributed by atoms with Crippen molar-refractivity contribution in [2.45, 2.75) is 4.90 Å². The zero-order chi connectivity index (χ0) is 14.9. The van der Waals surface area contributed by atoms with E-state index in [1.807, 2.05) is 0 Å². The summed E-state index contributed by atoms with van der Waals surface area (Å²) in [6.07, 6.45) is 1.02. The quantitative estimate of drug-likeness (QED) is 0.829. The maximum Gasteiger partial charge on any atom is 0.421 e. The van der Waals surface area contributed by atoms with Gasteiger partial charge in [0.25, 0.3) is 10.0 Å². The van der Waals surface area contributed by atoms with Crippen LogP contribution in [0.15, 0.2) is 46.3 Å². The van der Waals surface area contributed by atoms with Gasteiger partial charge in [-0.3, -0.25) is 0 Å². The number of carbonyl (C=O) groups excluding carboxylic acids is 1. The van der Waals surface area contributed by atoms with E-state index in [0.29, 0.717) is 13.6 Å². The molecule has 0 N–H and O–H groups in total. The summed E-state index contributed by atoms with van der Waals surface area (Å²) in [6, 6.07) is 5.30. The van der Waals surface area contributed by atoms with Gasteiger partial charge in [-0.25, -0.2) is 22.6 Å². The molecule has 1 aromatic carbocycles. The fraction of sp³-hybridized carbons (Fsp3) is 0.0909. The highest BCUT2D eigenvalue weighted by Crippen LogP contribution is 2.15. The van der Waals surface area contributed by atoms with Crippen molar-refractivity contribution in [3.8, 4) is 0 Å². The van der Waals surface area contributed by atoms with Gasteiger partial charge in [0.1, 0.15) is 0 Å². The second-order valence-electron chi connectivity index (χ2n) is 3.68. The summed E-state index contributed by atoms with van der Waals surface area (Å²) in [5.74, 6) is 0. The van der Waals surface area contributed by atoms with Crippen LogP contribution in [0.5, 0.6) is 0 Å². The first-order valence-electron chi connectivity index (χ1n) is 5.27. The average molecular weight is 317 g/mol. The molecule has 1 aromatic heterocycles. The van der Waals surface area contributed by atoms with E-state index >= 15 is 0 Å². The summed E-state index contributed by atoms with van der Waals surface area (Å²) in [5.41, 5.74) is -1.04. The van der Waals surface area contributed by atoms with E-state index in [-0.39, 0.29) is 4.90 Å². The number of ether oxygens (including phenoxy) is 1. The third-order valence-electron chi connectivity index (χ3n) is 2.49. The van der Waals surface area contributed by atoms with E-state index in [2.05, 4.69) is 4.74 Å². The van der Waals surface area contributed by atoms with Gasteiger partial charge in [0.2, 0.25) is 0 Å². The lowest BCUT2D eigenvalue weighted by atomic mass is 10.4. The largest absolute Gasteiger partial charge is 0.452 e. The number of hydrogen-bond acceptors (Lipinski definition) is 5. The van der Waals surface area contributed by atoms with Crippen molar-refractivity contribution in [1.29, 1.82) is 0 Å². The molecule has 0 fully saturated rings. The van der Waals surface area contributed by atoms with Gasteiger partial charge in [-0.2, -0.15) is 3.97 Å². The molecule has 0 atom stereocenters. The molecule has 2 aromatic rings. The van der Waals surface area contributed by atoms with Gasteiger partial charge < -0.3 is 4.74 Å². The Morgan fingerprint density at radius 1 is 1.20 bits per heavy atom. The van der Waals surface area contributed by atoms with Crippen molar-refractivity contribution < 1.29 is 17.9 Å². The molecule has 20 heavy (non-hydrogen) atoms. The molecule has 0 aliphatic carbocycles. The van der Waals surface area contributed by atoms with Crippen molar-refractivity contribution in [2.75, 3.05) is 7.11 Å². The van der Waals surface area contributed by atoms with Gasteiger partial charge >= 0.3 is 11.8 Å². The summed E-state index contributed by atoms with van der Waals surface area (Å²) >= 11 is 5.67. The third-order valence-corrected chi connectivity index (χ3v) is 4.40. The number of methoxy groups -OCH3 is 1. The molecule has 0 spiro atoms. The zero-order valence-corrected chi connectivity index (χ0v) is 11.8. The van der Waals surface area contributed by atoms with Crippen molar-refractivity contribution in [1.82, 2.24) is 8.54 Å². The molecule has 1 heterocycles. The number of halogens is 1. The van der Waals surface area contributed by atoms with Crippen LogP contribution < -0.4 is 5.69 Å². The van der Waals surface area contributed by atoms with E-state index in [4.69, 9.17) is 11.6 Å². The highest BCUT2D eigenvalue weighted by atomic mass is 35.5. The summed E-state index contributed by atoms with van der Waals surface area (Å²) in [5, 5.41) is 0.364. The Labute approximate surface area is 119 Å². The molecule has 0 bridgehead atoms. The molecular weight excluding hydrogens is 308 g/mol. The number of aromatic nitrogens is 2. The van der Waals surface area contributed by atoms with Crippen LogP contribution >= 0.6 is 11.6 Å². The molecule has 0 saturated heterocycles. The minimum absolute atomic E-state index is 0.119. The Bertz CT molecular complexity index is 804. The zero-order valence-electron chi connectivity index (χ0n) is 10.2. The molecule has 0 amide bonds. The van der Waals surface area contributed by atoms with Gasteiger partial charge in [-0.05, 0) is 24.3 Å². The topological polar surface area (TPSA) is 87.4 Å². The second-order valence-corrected chi connectivity index (χ2v) is 5.93. The Balaban J connectivity index is 2.56. The predicted molar refractivity (Wildman–Crippen MR) is 70.5 cm³/mol. The fourth-order valence-corrected chi connectivity index (χ4v) is 2.84. The summed E-state index contributed by atoms with van der Waals surface area (Å²) < 4.78 is 29.9. The SMILES string of the molecule is COC(=O)n1ccn(S(=O)(=O)c2ccc(Cl)cc2)c1=O. The molecule has 0 aliphatic heterocycles. The first kappa shape index (κ1) is 14.4. The maximum absolute atomic E-state index is 12.2. The summed E-state index contributed by atoms with van der Waals surface area (Å²) in [7, 11) is -3.01. The van der Waals surface area contributed by atoms with Crippen LogP contribution in [0.3, 0.4) is 0 Å². The minimum Gasteiger partial charge on any atom is -0.452 e. The Kier molecular flexibility index (Phi) is 3.69. The van der Waals surface area contributed by atoms with Gasteiger partial charge in [-0.1, -0.05) is 11.6 Å². The van der Waals surface area contributed by atoms with Gasteiger partial charge in [0.05, 0.1) is 12.0 Å². The van der Waals surface area contributed by atoms with Crippen LogP contribution in [-0.2, 0) is 14.8 Å². The van der Waals surface area contributed by atoms with Crippen LogP contribution in [0.4, 0.5) is 4.79 Å². The fourth-order valence-electron chi connectivity index (χ4n) is 1.50. The molecule has 2 rings (SSSR count). The molecule has 7 nitrogen and oxygen atoms in total. The number of rotatable bonds is 2. The lowest BCUT2D eigenvalue weighted by Crippen LogP contribution is -2.32. The van der Waals surface area contributed by atoms with Gasteiger partial charge in [0, 0.05) is 17.4 Å². The first-order chi connectivity index (χ1) is 9.37. The smallest absolute Gasteiger partial charge is 0.421 e. The monoisotopic (exact) mass is 316 g/mol. The van der Waals surface area contributed by atoms with Crippen LogP contribution in [0.1, 0.15) is 0 Å². The normalized spacial score (nSPS) is 11.3. The molecule has 0 radical (unpaired) electrons. The number of benzene rings is 1. The van der Waals surface area contributed by atoms with E-state index in [9.17, 15) is 18.0 Å². The lowest BCUT2D eigenvalue weighted by Gasteiger charge is -2.04. The van der Waals surface area contributed by atoms with Gasteiger partial charge in [0.15, 0.2) is 0 Å². The number of carbonyl (C=O) groups is 1. The highest BCUT2D eigenvalue weighted by molar-refractivity contribution is 7.90. The lowest BCUT2D eigenvalue weighted by molar-refractivity contribution is 0.172. The summed E-state index contributed by atoms with van der Waals surface area (Å²) in [6.45, 7) is 0. The van der Waals surface area contributed by atoms with Crippen LogP contribution in [0, 0.1) is 0 Å². The van der Waals surface area contributed by atoms with Crippen LogP contribution in [0.2, 0.25) is 5.02 Å². The van der Waals surface area contributed by atoms with E-state index < -0.39 is 21.8 Å². The third kappa shape index (κ3) is 2.35. The Morgan fingerprint density at radius 2 is 1.80 bits per heavy atom. The highest BCUT2D eigenvalue weighted by Gasteiger charge is 2.22. The number of nitrogens with zero attached hydrogens (tertiary/aromatic N) is 2. The number of imidazole rings is 1. The van der Waals surface area contributed by atoms with E-state index in [1.54, 1.807) is 0 Å². The molecule has 0 saturated carbocycles. The summed E-state index contributed by atoms with van der Waals surface area (Å²) in [4.78, 5) is 23.0. The average Bonchev–Trinajstić information content (AvgIpc) is 2.81. The Hall–Kier alpha value is -2.06. The van der Waals surface area contributed by atoms with Crippen molar-refractivity contribution >= 4 is 27.7 Å². The van der Waals surface area contributed by atoms with Crippen molar-refractivity contribution in [2.24, 2.45) is 0 Å². The standard InChI is InChI=1S/C11H9ClN2O5S/c1-19-11(16)13-6-7-14(10(13)15)20(17,18)9-4-2-8(12)3-5-9/h2-7H,1H3. The molecular formula is C11H9ClN2O5S. The Morgan fingerprint density at radius 3 is 2.35 bits per heavy atom. The van der Waals surface area contributed by atoms with E-state index in [1.165, 1.54) is 24.3 Å². The minimum atomic E-state index is -4.09. The first-order valence-corrected chi connectivity index (χ1v) is 7.09. The van der Waals surface area contributed by atoms with Crippen molar-refractivity contribution in [3.05, 3.63) is 52.2 Å². The number of hydrogen-bond donors (Lipinski definition) is 0. The molecule has 0 unspecified atom stereocenters. The van der Waals surface area contributed by atoms with Crippen LogP contribution in [0.25, 0.3) is 0 Å². The maximum atomic E-state index is 12.2. The molecule has 9 heteroatoms. The van der Waals surface area contributed by atoms with Crippen molar-refractivity contribution in [3.63, 3.8) is 0 Å². The van der Waals surface area contributed by atoms with E-state index in [0.717, 1.165) is 19.5 Å². The molecule has 0 aliphatic rings. The molecule has 106 valence electrons. The predicted octanol–water partition coefficient (Wildman–Crippen LogP) is 1.15. The van der Waals surface area contributed by atoms with Gasteiger partial charge in [-0.15, -0.1) is 0 Å². The van der Waals surface area contributed by atoms with Crippen LogP contribution in [-0.4, -0.2) is 30.2 Å². The second kappa shape index (κ2) is 5.14.